The van der Waals surface area contributed by atoms with Crippen molar-refractivity contribution in [3.63, 3.8) is 0 Å². The molecule has 0 aromatic rings. The molecule has 26 heavy (non-hydrogen) atoms. The van der Waals surface area contributed by atoms with Gasteiger partial charge in [0.15, 0.2) is 0 Å². The van der Waals surface area contributed by atoms with Gasteiger partial charge in [-0.2, -0.15) is 48.8 Å². The first-order valence-electron chi connectivity index (χ1n) is 9.68. The Morgan fingerprint density at radius 2 is 1.08 bits per heavy atom. The van der Waals surface area contributed by atoms with E-state index in [9.17, 15) is 0 Å². The van der Waals surface area contributed by atoms with Crippen molar-refractivity contribution in [3.8, 4) is 0 Å². The number of hydrogen-bond acceptors (Lipinski definition) is 8. The van der Waals surface area contributed by atoms with E-state index in [1.54, 1.807) is 0 Å². The molecule has 4 atom stereocenters. The highest BCUT2D eigenvalue weighted by Crippen LogP contribution is 2.42. The summed E-state index contributed by atoms with van der Waals surface area (Å²) in [6, 6.07) is 0. The van der Waals surface area contributed by atoms with Gasteiger partial charge in [-0.25, -0.2) is 0 Å². The molecule has 4 unspecified atom stereocenters. The summed E-state index contributed by atoms with van der Waals surface area (Å²) in [6.45, 7) is 0. The van der Waals surface area contributed by atoms with Crippen molar-refractivity contribution in [3.05, 3.63) is 0 Å². The van der Waals surface area contributed by atoms with Crippen molar-refractivity contribution in [2.24, 2.45) is 11.8 Å². The van der Waals surface area contributed by atoms with Crippen LogP contribution in [-0.4, -0.2) is 65.7 Å². The van der Waals surface area contributed by atoms with E-state index in [2.05, 4.69) is 95.8 Å². The molecule has 0 spiro atoms. The lowest BCUT2D eigenvalue weighted by Gasteiger charge is -2.28. The van der Waals surface area contributed by atoms with Gasteiger partial charge in [0.25, 0.3) is 0 Å². The average molecular weight is 505 g/mol. The maximum absolute atomic E-state index is 4.45. The Morgan fingerprint density at radius 3 is 1.42 bits per heavy atom. The minimum atomic E-state index is 0.798. The summed E-state index contributed by atoms with van der Waals surface area (Å²) < 4.78 is 1.66. The van der Waals surface area contributed by atoms with Crippen molar-refractivity contribution in [2.75, 3.05) is 46.0 Å². The molecule has 2 saturated heterocycles. The van der Waals surface area contributed by atoms with Crippen molar-refractivity contribution in [1.29, 1.82) is 0 Å². The van der Waals surface area contributed by atoms with Gasteiger partial charge in [0.05, 0.1) is 9.16 Å². The molecule has 0 aromatic heterocycles. The number of thioether (sulfide) groups is 6. The molecule has 0 amide bonds. The maximum atomic E-state index is 4.45. The standard InChI is InChI=1S/C18H32S8/c19-5-15-9-23-17(25-15)11-21-7-13-1-2-14(4-3-13)8-22-12-18-24-10-16(6-20)26-18/h13-20H,1-12H2. The molecule has 8 heteroatoms. The first-order chi connectivity index (χ1) is 12.8. The van der Waals surface area contributed by atoms with Gasteiger partial charge in [0.1, 0.15) is 0 Å². The normalized spacial score (nSPS) is 38.1. The molecular weight excluding hydrogens is 473 g/mol. The van der Waals surface area contributed by atoms with Crippen LogP contribution in [0.3, 0.4) is 0 Å². The van der Waals surface area contributed by atoms with Crippen molar-refractivity contribution in [2.45, 2.75) is 45.3 Å². The molecule has 0 radical (unpaired) electrons. The second-order valence-corrected chi connectivity index (χ2v) is 16.3. The van der Waals surface area contributed by atoms with Crippen LogP contribution in [-0.2, 0) is 0 Å². The average Bonchev–Trinajstić information content (AvgIpc) is 3.32. The topological polar surface area (TPSA) is 0 Å². The molecule has 152 valence electrons. The van der Waals surface area contributed by atoms with E-state index < -0.39 is 0 Å². The predicted molar refractivity (Wildman–Crippen MR) is 143 cm³/mol. The van der Waals surface area contributed by atoms with Gasteiger partial charge in [0, 0.05) is 45.0 Å². The van der Waals surface area contributed by atoms with Crippen LogP contribution in [0.5, 0.6) is 0 Å². The zero-order valence-corrected chi connectivity index (χ0v) is 22.0. The molecule has 1 aliphatic carbocycles. The maximum Gasteiger partial charge on any atom is 0.0596 e. The van der Waals surface area contributed by atoms with Crippen LogP contribution in [0.1, 0.15) is 25.7 Å². The number of rotatable bonds is 10. The molecule has 3 rings (SSSR count). The van der Waals surface area contributed by atoms with Gasteiger partial charge in [-0.05, 0) is 49.0 Å². The minimum absolute atomic E-state index is 0.798. The van der Waals surface area contributed by atoms with E-state index in [1.807, 2.05) is 0 Å². The summed E-state index contributed by atoms with van der Waals surface area (Å²) in [6.07, 6.45) is 5.93. The summed E-state index contributed by atoms with van der Waals surface area (Å²) >= 11 is 22.0. The third-order valence-electron chi connectivity index (χ3n) is 5.21. The second-order valence-electron chi connectivity index (χ2n) is 7.37. The second kappa shape index (κ2) is 13.3. The molecule has 0 bridgehead atoms. The lowest BCUT2D eigenvalue weighted by molar-refractivity contribution is 0.315. The van der Waals surface area contributed by atoms with Crippen molar-refractivity contribution < 1.29 is 0 Å². The van der Waals surface area contributed by atoms with Crippen LogP contribution in [0.25, 0.3) is 0 Å². The molecule has 1 saturated carbocycles. The van der Waals surface area contributed by atoms with Crippen molar-refractivity contribution in [1.82, 2.24) is 0 Å². The third kappa shape index (κ3) is 8.14. The Hall–Kier alpha value is 2.80. The fraction of sp³-hybridized carbons (Fsp3) is 1.00. The monoisotopic (exact) mass is 504 g/mol. The molecule has 0 aromatic carbocycles. The summed E-state index contributed by atoms with van der Waals surface area (Å²) in [4.78, 5) is 0. The lowest BCUT2D eigenvalue weighted by Crippen LogP contribution is -2.18. The number of thiol groups is 2. The van der Waals surface area contributed by atoms with Crippen LogP contribution in [0.2, 0.25) is 0 Å². The predicted octanol–water partition coefficient (Wildman–Crippen LogP) is 6.47. The zero-order chi connectivity index (χ0) is 18.2. The Bertz CT molecular complexity index is 351. The summed E-state index contributed by atoms with van der Waals surface area (Å²) in [5, 5.41) is 1.60. The minimum Gasteiger partial charge on any atom is -0.178 e. The highest BCUT2D eigenvalue weighted by Gasteiger charge is 2.27. The van der Waals surface area contributed by atoms with Crippen LogP contribution in [0, 0.1) is 11.8 Å². The smallest absolute Gasteiger partial charge is 0.0596 e. The fourth-order valence-electron chi connectivity index (χ4n) is 3.61. The lowest BCUT2D eigenvalue weighted by atomic mass is 9.84. The van der Waals surface area contributed by atoms with E-state index in [0.717, 1.165) is 43.0 Å². The zero-order valence-electron chi connectivity index (χ0n) is 15.3. The largest absolute Gasteiger partial charge is 0.178 e. The Kier molecular flexibility index (Phi) is 12.0. The van der Waals surface area contributed by atoms with E-state index >= 15 is 0 Å². The van der Waals surface area contributed by atoms with Crippen LogP contribution in [0.15, 0.2) is 0 Å². The van der Waals surface area contributed by atoms with Gasteiger partial charge in [-0.3, -0.25) is 0 Å². The Labute approximate surface area is 197 Å². The van der Waals surface area contributed by atoms with Gasteiger partial charge >= 0.3 is 0 Å². The van der Waals surface area contributed by atoms with E-state index in [4.69, 9.17) is 0 Å². The van der Waals surface area contributed by atoms with E-state index in [1.165, 1.54) is 60.2 Å². The molecule has 2 heterocycles. The summed E-state index contributed by atoms with van der Waals surface area (Å²) in [5.41, 5.74) is 0. The molecule has 3 aliphatic rings. The first kappa shape index (κ1) is 23.5. The van der Waals surface area contributed by atoms with E-state index in [0.29, 0.717) is 0 Å². The highest BCUT2D eigenvalue weighted by molar-refractivity contribution is 8.22. The van der Waals surface area contributed by atoms with Crippen LogP contribution >= 0.6 is 95.8 Å². The van der Waals surface area contributed by atoms with Gasteiger partial charge in [-0.15, -0.1) is 47.0 Å². The van der Waals surface area contributed by atoms with E-state index in [-0.39, 0.29) is 0 Å². The third-order valence-corrected chi connectivity index (χ3v) is 16.5. The molecular formula is C18H32S8. The molecule has 2 aliphatic heterocycles. The molecule has 0 N–H and O–H groups in total. The van der Waals surface area contributed by atoms with Crippen molar-refractivity contribution >= 4 is 95.8 Å². The van der Waals surface area contributed by atoms with Crippen LogP contribution in [0.4, 0.5) is 0 Å². The Balaban J connectivity index is 1.19. The SMILES string of the molecule is SCC1CSC(CSCC2CCC(CSCC3SCC(CS)S3)CC2)S1. The van der Waals surface area contributed by atoms with Gasteiger partial charge in [0.2, 0.25) is 0 Å². The number of hydrogen-bond donors (Lipinski definition) is 2. The van der Waals surface area contributed by atoms with Gasteiger partial charge < -0.3 is 0 Å². The first-order valence-corrected chi connectivity index (χ1v) is 17.2. The van der Waals surface area contributed by atoms with Gasteiger partial charge in [-0.1, -0.05) is 0 Å². The quantitative estimate of drug-likeness (QED) is 0.325. The molecule has 0 nitrogen and oxygen atoms in total. The summed E-state index contributed by atoms with van der Waals surface area (Å²) in [5.74, 6) is 12.2. The summed E-state index contributed by atoms with van der Waals surface area (Å²) in [7, 11) is 0. The van der Waals surface area contributed by atoms with Crippen LogP contribution < -0.4 is 0 Å². The fourth-order valence-corrected chi connectivity index (χ4v) is 14.5. The Morgan fingerprint density at radius 1 is 0.654 bits per heavy atom. The molecule has 3 fully saturated rings. The highest BCUT2D eigenvalue weighted by atomic mass is 32.2.